The van der Waals surface area contributed by atoms with Crippen molar-refractivity contribution < 1.29 is 32.4 Å². The third-order valence-corrected chi connectivity index (χ3v) is 5.75. The van der Waals surface area contributed by atoms with Gasteiger partial charge in [-0.1, -0.05) is 30.3 Å². The average Bonchev–Trinajstić information content (AvgIpc) is 3.26. The van der Waals surface area contributed by atoms with Gasteiger partial charge in [0, 0.05) is 42.7 Å². The van der Waals surface area contributed by atoms with Gasteiger partial charge < -0.3 is 19.4 Å². The predicted octanol–water partition coefficient (Wildman–Crippen LogP) is 3.35. The van der Waals surface area contributed by atoms with Crippen LogP contribution in [0.4, 0.5) is 13.2 Å². The number of aromatic nitrogens is 2. The number of benzene rings is 2. The fourth-order valence-corrected chi connectivity index (χ4v) is 3.83. The number of nitrogens with zero attached hydrogens (tertiary/aromatic N) is 4. The van der Waals surface area contributed by atoms with Gasteiger partial charge in [-0.25, -0.2) is 4.57 Å². The summed E-state index contributed by atoms with van der Waals surface area (Å²) in [6.45, 7) is 3.71. The van der Waals surface area contributed by atoms with Crippen LogP contribution in [0.3, 0.4) is 0 Å². The van der Waals surface area contributed by atoms with Gasteiger partial charge in [-0.3, -0.25) is 4.79 Å². The van der Waals surface area contributed by atoms with E-state index in [1.807, 2.05) is 96.5 Å². The van der Waals surface area contributed by atoms with E-state index >= 15 is 0 Å². The van der Waals surface area contributed by atoms with Crippen molar-refractivity contribution in [3.8, 4) is 6.07 Å². The number of rotatable bonds is 6. The normalized spacial score (nSPS) is 10.8. The van der Waals surface area contributed by atoms with E-state index in [4.69, 9.17) is 9.90 Å². The molecule has 0 unspecified atom stereocenters. The van der Waals surface area contributed by atoms with Crippen LogP contribution in [-0.2, 0) is 24.9 Å². The van der Waals surface area contributed by atoms with Gasteiger partial charge in [0.15, 0.2) is 12.4 Å². The van der Waals surface area contributed by atoms with Gasteiger partial charge in [0.2, 0.25) is 0 Å². The van der Waals surface area contributed by atoms with E-state index in [1.54, 1.807) is 6.07 Å². The van der Waals surface area contributed by atoms with Gasteiger partial charge in [0.1, 0.15) is 18.7 Å². The van der Waals surface area contributed by atoms with Gasteiger partial charge in [0.05, 0.1) is 11.6 Å². The van der Waals surface area contributed by atoms with Crippen LogP contribution >= 0.6 is 0 Å². The van der Waals surface area contributed by atoms with Crippen LogP contribution in [0.5, 0.6) is 0 Å². The number of carboxylic acids is 1. The van der Waals surface area contributed by atoms with Crippen molar-refractivity contribution in [2.75, 3.05) is 6.54 Å². The van der Waals surface area contributed by atoms with E-state index in [-0.39, 0.29) is 5.91 Å². The van der Waals surface area contributed by atoms with E-state index in [1.165, 1.54) is 0 Å². The first-order valence-electron chi connectivity index (χ1n) is 11.6. The van der Waals surface area contributed by atoms with Crippen molar-refractivity contribution in [1.29, 1.82) is 5.26 Å². The van der Waals surface area contributed by atoms with Crippen molar-refractivity contribution in [2.24, 2.45) is 7.05 Å². The van der Waals surface area contributed by atoms with Gasteiger partial charge in [-0.2, -0.15) is 18.4 Å². The largest absolute Gasteiger partial charge is 0.542 e. The Balaban J connectivity index is 0.000000505. The zero-order valence-electron chi connectivity index (χ0n) is 20.8. The van der Waals surface area contributed by atoms with Crippen molar-refractivity contribution in [2.45, 2.75) is 26.2 Å². The fourth-order valence-electron chi connectivity index (χ4n) is 3.83. The summed E-state index contributed by atoms with van der Waals surface area (Å²) in [5.41, 5.74) is 4.38. The minimum atomic E-state index is -5.19. The Kier molecular flexibility index (Phi) is 8.86. The first-order valence-corrected chi connectivity index (χ1v) is 11.6. The molecule has 0 fully saturated rings. The third kappa shape index (κ3) is 6.97. The van der Waals surface area contributed by atoms with E-state index in [9.17, 15) is 23.2 Å². The van der Waals surface area contributed by atoms with Crippen molar-refractivity contribution in [1.82, 2.24) is 9.47 Å². The van der Waals surface area contributed by atoms with Crippen molar-refractivity contribution in [3.05, 3.63) is 102 Å². The number of alkyl halides is 3. The van der Waals surface area contributed by atoms with Crippen LogP contribution in [0, 0.1) is 11.3 Å². The molecule has 1 amide bonds. The second-order valence-corrected chi connectivity index (χ2v) is 8.46. The molecule has 2 aromatic carbocycles. The highest BCUT2D eigenvalue weighted by atomic mass is 19.4. The SMILES string of the molecule is CCN(Cc1cc[n+](C)cc1)C(=O)c1cc2ccccc2n1Cc1cccc(C#N)c1.O=C([O-])C(F)(F)F. The number of carbonyl (C=O) groups excluding carboxylic acids is 2. The molecule has 0 aliphatic carbocycles. The Morgan fingerprint density at radius 3 is 2.29 bits per heavy atom. The van der Waals surface area contributed by atoms with E-state index in [0.717, 1.165) is 22.0 Å². The minimum Gasteiger partial charge on any atom is -0.542 e. The Morgan fingerprint density at radius 2 is 1.68 bits per heavy atom. The zero-order chi connectivity index (χ0) is 27.9. The standard InChI is InChI=1S/C26H25N4O.C2HF3O2/c1-3-29(18-20-11-13-28(2)14-12-20)26(31)25-16-23-9-4-5-10-24(23)30(25)19-22-8-6-7-21(15-22)17-27;3-2(4,5)1(6)7/h4-16H,3,18-19H2,1-2H3;(H,6,7)/q+1;/p-1. The summed E-state index contributed by atoms with van der Waals surface area (Å²) in [7, 11) is 1.98. The van der Waals surface area contributed by atoms with Crippen LogP contribution in [0.1, 0.15) is 34.1 Å². The lowest BCUT2D eigenvalue weighted by molar-refractivity contribution is -0.671. The smallest absolute Gasteiger partial charge is 0.430 e. The summed E-state index contributed by atoms with van der Waals surface area (Å²) in [6, 6.07) is 23.8. The van der Waals surface area contributed by atoms with E-state index in [2.05, 4.69) is 10.6 Å². The maximum atomic E-state index is 13.6. The summed E-state index contributed by atoms with van der Waals surface area (Å²) < 4.78 is 35.6. The number of fused-ring (bicyclic) bond motifs is 1. The van der Waals surface area contributed by atoms with Crippen LogP contribution in [0.2, 0.25) is 0 Å². The second-order valence-electron chi connectivity index (χ2n) is 8.46. The summed E-state index contributed by atoms with van der Waals surface area (Å²) in [4.78, 5) is 24.3. The first kappa shape index (κ1) is 27.9. The minimum absolute atomic E-state index is 0.00312. The number of carboxylic acid groups (broad SMARTS) is 1. The van der Waals surface area contributed by atoms with Crippen LogP contribution in [0.25, 0.3) is 10.9 Å². The topological polar surface area (TPSA) is 93.0 Å². The number of aliphatic carboxylic acids is 1. The lowest BCUT2D eigenvalue weighted by Crippen LogP contribution is -2.37. The number of hydrogen-bond acceptors (Lipinski definition) is 4. The molecule has 4 aromatic rings. The molecule has 0 saturated heterocycles. The average molecular weight is 523 g/mol. The molecule has 0 N–H and O–H groups in total. The lowest BCUT2D eigenvalue weighted by atomic mass is 10.1. The number of aryl methyl sites for hydroxylation is 1. The van der Waals surface area contributed by atoms with Crippen LogP contribution in [0.15, 0.2) is 79.1 Å². The zero-order valence-corrected chi connectivity index (χ0v) is 20.8. The molecule has 10 heteroatoms. The number of halogens is 3. The van der Waals surface area contributed by atoms with Crippen LogP contribution in [-0.4, -0.2) is 34.1 Å². The molecule has 0 saturated carbocycles. The summed E-state index contributed by atoms with van der Waals surface area (Å²) in [6.07, 6.45) is -1.21. The highest BCUT2D eigenvalue weighted by Gasteiger charge is 2.28. The van der Waals surface area contributed by atoms with Gasteiger partial charge in [0.25, 0.3) is 5.91 Å². The number of pyridine rings is 1. The summed E-state index contributed by atoms with van der Waals surface area (Å²) >= 11 is 0. The molecule has 0 aliphatic rings. The molecule has 0 bridgehead atoms. The molecule has 0 radical (unpaired) electrons. The molecule has 0 aliphatic heterocycles. The Bertz CT molecular complexity index is 1470. The maximum Gasteiger partial charge on any atom is 0.430 e. The number of amides is 1. The molecule has 0 spiro atoms. The molecule has 38 heavy (non-hydrogen) atoms. The second kappa shape index (κ2) is 12.1. The van der Waals surface area contributed by atoms with Crippen LogP contribution < -0.4 is 9.67 Å². The number of para-hydroxylation sites is 1. The molecule has 196 valence electrons. The third-order valence-electron chi connectivity index (χ3n) is 5.75. The van der Waals surface area contributed by atoms with Gasteiger partial charge in [-0.05, 0) is 42.3 Å². The van der Waals surface area contributed by atoms with E-state index in [0.29, 0.717) is 30.9 Å². The Labute approximate surface area is 217 Å². The highest BCUT2D eigenvalue weighted by molar-refractivity contribution is 5.98. The Hall–Kier alpha value is -4.65. The number of nitriles is 1. The number of carbonyl (C=O) groups is 2. The molecular formula is C28H25F3N4O3. The molecular weight excluding hydrogens is 497 g/mol. The quantitative estimate of drug-likeness (QED) is 0.363. The molecule has 0 atom stereocenters. The fraction of sp³-hybridized carbons (Fsp3) is 0.214. The lowest BCUT2D eigenvalue weighted by Gasteiger charge is -2.22. The monoisotopic (exact) mass is 522 g/mol. The molecule has 7 nitrogen and oxygen atoms in total. The number of hydrogen-bond donors (Lipinski definition) is 0. The maximum absolute atomic E-state index is 13.6. The van der Waals surface area contributed by atoms with Crippen molar-refractivity contribution in [3.63, 3.8) is 0 Å². The van der Waals surface area contributed by atoms with Crippen molar-refractivity contribution >= 4 is 22.8 Å². The highest BCUT2D eigenvalue weighted by Crippen LogP contribution is 2.23. The molecule has 4 rings (SSSR count). The molecule has 2 heterocycles. The predicted molar refractivity (Wildman–Crippen MR) is 131 cm³/mol. The summed E-state index contributed by atoms with van der Waals surface area (Å²) in [5.74, 6) is -3.00. The van der Waals surface area contributed by atoms with Gasteiger partial charge >= 0.3 is 6.18 Å². The first-order chi connectivity index (χ1) is 18.0. The van der Waals surface area contributed by atoms with E-state index < -0.39 is 12.1 Å². The molecule has 2 aromatic heterocycles. The Morgan fingerprint density at radius 1 is 1.03 bits per heavy atom. The summed E-state index contributed by atoms with van der Waals surface area (Å²) in [5, 5.41) is 19.1. The van der Waals surface area contributed by atoms with Gasteiger partial charge in [-0.15, -0.1) is 0 Å².